The zero-order chi connectivity index (χ0) is 21.7. The number of nitrogens with zero attached hydrogens (tertiary/aromatic N) is 2. The molecule has 3 rings (SSSR count). The number of pyridine rings is 1. The molecule has 158 valence electrons. The first-order chi connectivity index (χ1) is 14.4. The van der Waals surface area contributed by atoms with Gasteiger partial charge < -0.3 is 19.8 Å². The van der Waals surface area contributed by atoms with Crippen molar-refractivity contribution >= 4 is 17.5 Å². The Kier molecular flexibility index (Phi) is 6.72. The molecule has 3 aromatic rings. The third-order valence-corrected chi connectivity index (χ3v) is 4.97. The highest BCUT2D eigenvalue weighted by atomic mass is 16.5. The Morgan fingerprint density at radius 1 is 1.13 bits per heavy atom. The zero-order valence-electron chi connectivity index (χ0n) is 17.8. The maximum Gasteiger partial charge on any atom is 0.251 e. The summed E-state index contributed by atoms with van der Waals surface area (Å²) in [4.78, 5) is 29.1. The molecule has 2 amide bonds. The highest BCUT2D eigenvalue weighted by molar-refractivity contribution is 5.97. The number of benzene rings is 1. The fourth-order valence-corrected chi connectivity index (χ4v) is 2.95. The van der Waals surface area contributed by atoms with Gasteiger partial charge in [0.15, 0.2) is 0 Å². The Balaban J connectivity index is 1.55. The van der Waals surface area contributed by atoms with E-state index >= 15 is 0 Å². The first kappa shape index (κ1) is 21.4. The second-order valence-electron chi connectivity index (χ2n) is 7.48. The standard InChI is InChI=1S/C23H28N4O3/c1-5-16(3)24-22(28)17(4)25-23(29)18-8-10-20(11-9-18)30-14-19-13-27-12-6-7-15(2)21(27)26-19/h6-13,16-17H,5,14H2,1-4H3,(H,24,28)(H,25,29). The van der Waals surface area contributed by atoms with Crippen molar-refractivity contribution < 1.29 is 14.3 Å². The summed E-state index contributed by atoms with van der Waals surface area (Å²) < 4.78 is 7.77. The van der Waals surface area contributed by atoms with Crippen LogP contribution in [0.25, 0.3) is 5.65 Å². The monoisotopic (exact) mass is 408 g/mol. The quantitative estimate of drug-likeness (QED) is 0.599. The first-order valence-corrected chi connectivity index (χ1v) is 10.1. The van der Waals surface area contributed by atoms with Crippen LogP contribution in [0.5, 0.6) is 5.75 Å². The molecule has 30 heavy (non-hydrogen) atoms. The van der Waals surface area contributed by atoms with Gasteiger partial charge in [-0.25, -0.2) is 4.98 Å². The molecule has 1 aromatic carbocycles. The second kappa shape index (κ2) is 9.43. The Hall–Kier alpha value is -3.35. The van der Waals surface area contributed by atoms with Gasteiger partial charge >= 0.3 is 0 Å². The van der Waals surface area contributed by atoms with Gasteiger partial charge in [-0.1, -0.05) is 13.0 Å². The lowest BCUT2D eigenvalue weighted by atomic mass is 10.2. The van der Waals surface area contributed by atoms with Crippen molar-refractivity contribution in [1.82, 2.24) is 20.0 Å². The van der Waals surface area contributed by atoms with Crippen molar-refractivity contribution in [3.05, 3.63) is 65.6 Å². The van der Waals surface area contributed by atoms with E-state index in [2.05, 4.69) is 15.6 Å². The number of aromatic nitrogens is 2. The summed E-state index contributed by atoms with van der Waals surface area (Å²) in [5.41, 5.74) is 3.31. The molecule has 0 fully saturated rings. The SMILES string of the molecule is CCC(C)NC(=O)C(C)NC(=O)c1ccc(OCc2cn3cccc(C)c3n2)cc1. The topological polar surface area (TPSA) is 84.7 Å². The third-order valence-electron chi connectivity index (χ3n) is 4.97. The second-order valence-corrected chi connectivity index (χ2v) is 7.48. The van der Waals surface area contributed by atoms with Crippen LogP contribution in [-0.4, -0.2) is 33.3 Å². The molecule has 0 saturated carbocycles. The van der Waals surface area contributed by atoms with Crippen LogP contribution < -0.4 is 15.4 Å². The summed E-state index contributed by atoms with van der Waals surface area (Å²) in [7, 11) is 0. The predicted octanol–water partition coefficient (Wildman–Crippen LogP) is 3.25. The summed E-state index contributed by atoms with van der Waals surface area (Å²) in [6.07, 6.45) is 4.73. The molecule has 0 radical (unpaired) electrons. The molecular weight excluding hydrogens is 380 g/mol. The zero-order valence-corrected chi connectivity index (χ0v) is 17.8. The molecular formula is C23H28N4O3. The van der Waals surface area contributed by atoms with Crippen LogP contribution in [0, 0.1) is 6.92 Å². The van der Waals surface area contributed by atoms with E-state index in [1.165, 1.54) is 0 Å². The number of aryl methyl sites for hydroxylation is 1. The van der Waals surface area contributed by atoms with Crippen molar-refractivity contribution in [2.24, 2.45) is 0 Å². The van der Waals surface area contributed by atoms with Gasteiger partial charge in [0, 0.05) is 24.0 Å². The van der Waals surface area contributed by atoms with Crippen molar-refractivity contribution in [3.63, 3.8) is 0 Å². The number of ether oxygens (including phenoxy) is 1. The van der Waals surface area contributed by atoms with Gasteiger partial charge in [0.1, 0.15) is 24.0 Å². The van der Waals surface area contributed by atoms with Gasteiger partial charge in [-0.15, -0.1) is 0 Å². The number of hydrogen-bond acceptors (Lipinski definition) is 4. The number of hydrogen-bond donors (Lipinski definition) is 2. The molecule has 2 atom stereocenters. The summed E-state index contributed by atoms with van der Waals surface area (Å²) in [5, 5.41) is 5.58. The molecule has 2 N–H and O–H groups in total. The van der Waals surface area contributed by atoms with Gasteiger partial charge in [-0.3, -0.25) is 9.59 Å². The van der Waals surface area contributed by atoms with E-state index < -0.39 is 6.04 Å². The Morgan fingerprint density at radius 3 is 2.53 bits per heavy atom. The average Bonchev–Trinajstić information content (AvgIpc) is 3.17. The molecule has 0 aliphatic carbocycles. The van der Waals surface area contributed by atoms with E-state index in [0.717, 1.165) is 23.3 Å². The van der Waals surface area contributed by atoms with Crippen LogP contribution in [0.2, 0.25) is 0 Å². The van der Waals surface area contributed by atoms with Crippen molar-refractivity contribution in [1.29, 1.82) is 0 Å². The molecule has 0 bridgehead atoms. The highest BCUT2D eigenvalue weighted by Crippen LogP contribution is 2.16. The fourth-order valence-electron chi connectivity index (χ4n) is 2.95. The number of fused-ring (bicyclic) bond motifs is 1. The van der Waals surface area contributed by atoms with Crippen LogP contribution in [0.15, 0.2) is 48.8 Å². The number of amides is 2. The number of carbonyl (C=O) groups is 2. The van der Waals surface area contributed by atoms with E-state index in [4.69, 9.17) is 4.74 Å². The predicted molar refractivity (Wildman–Crippen MR) is 116 cm³/mol. The first-order valence-electron chi connectivity index (χ1n) is 10.1. The van der Waals surface area contributed by atoms with E-state index in [-0.39, 0.29) is 17.9 Å². The van der Waals surface area contributed by atoms with Gasteiger partial charge in [-0.2, -0.15) is 0 Å². The minimum atomic E-state index is -0.610. The lowest BCUT2D eigenvalue weighted by Gasteiger charge is -2.17. The van der Waals surface area contributed by atoms with E-state index in [1.54, 1.807) is 31.2 Å². The van der Waals surface area contributed by atoms with Crippen LogP contribution in [0.3, 0.4) is 0 Å². The van der Waals surface area contributed by atoms with Crippen molar-refractivity contribution in [2.45, 2.75) is 52.8 Å². The Bertz CT molecular complexity index is 1030. The summed E-state index contributed by atoms with van der Waals surface area (Å²) >= 11 is 0. The lowest BCUT2D eigenvalue weighted by molar-refractivity contribution is -0.123. The van der Waals surface area contributed by atoms with Crippen LogP contribution in [-0.2, 0) is 11.4 Å². The van der Waals surface area contributed by atoms with Gasteiger partial charge in [0.2, 0.25) is 5.91 Å². The van der Waals surface area contributed by atoms with Gasteiger partial charge in [-0.05, 0) is 63.1 Å². The van der Waals surface area contributed by atoms with Crippen molar-refractivity contribution in [2.75, 3.05) is 0 Å². The number of nitrogens with one attached hydrogen (secondary N) is 2. The summed E-state index contributed by atoms with van der Waals surface area (Å²) in [6.45, 7) is 7.95. The summed E-state index contributed by atoms with van der Waals surface area (Å²) in [5.74, 6) is 0.146. The van der Waals surface area contributed by atoms with Crippen LogP contribution in [0.4, 0.5) is 0 Å². The largest absolute Gasteiger partial charge is 0.487 e. The highest BCUT2D eigenvalue weighted by Gasteiger charge is 2.17. The molecule has 2 heterocycles. The number of carbonyl (C=O) groups excluding carboxylic acids is 2. The minimum absolute atomic E-state index is 0.0742. The maximum atomic E-state index is 12.4. The lowest BCUT2D eigenvalue weighted by Crippen LogP contribution is -2.47. The maximum absolute atomic E-state index is 12.4. The van der Waals surface area contributed by atoms with Crippen LogP contribution >= 0.6 is 0 Å². The minimum Gasteiger partial charge on any atom is -0.487 e. The molecule has 0 spiro atoms. The molecule has 0 saturated heterocycles. The van der Waals surface area contributed by atoms with Crippen molar-refractivity contribution in [3.8, 4) is 5.75 Å². The molecule has 0 aliphatic rings. The van der Waals surface area contributed by atoms with Gasteiger partial charge in [0.05, 0.1) is 5.69 Å². The smallest absolute Gasteiger partial charge is 0.251 e. The summed E-state index contributed by atoms with van der Waals surface area (Å²) in [6, 6.07) is 10.3. The van der Waals surface area contributed by atoms with E-state index in [9.17, 15) is 9.59 Å². The Labute approximate surface area is 176 Å². The number of imidazole rings is 1. The number of rotatable bonds is 8. The fraction of sp³-hybridized carbons (Fsp3) is 0.348. The molecule has 7 nitrogen and oxygen atoms in total. The van der Waals surface area contributed by atoms with E-state index in [1.807, 2.05) is 49.7 Å². The molecule has 7 heteroatoms. The average molecular weight is 409 g/mol. The Morgan fingerprint density at radius 2 is 1.87 bits per heavy atom. The van der Waals surface area contributed by atoms with Crippen LogP contribution in [0.1, 0.15) is 48.8 Å². The molecule has 2 unspecified atom stereocenters. The molecule has 2 aromatic heterocycles. The van der Waals surface area contributed by atoms with Gasteiger partial charge in [0.25, 0.3) is 5.91 Å². The van der Waals surface area contributed by atoms with E-state index in [0.29, 0.717) is 17.9 Å². The third kappa shape index (κ3) is 5.17. The molecule has 0 aliphatic heterocycles. The normalized spacial score (nSPS) is 12.9.